The molecule has 0 fully saturated rings. The number of carbonyl (C=O) groups is 2. The molecule has 190 valence electrons. The van der Waals surface area contributed by atoms with Crippen molar-refractivity contribution in [2.75, 3.05) is 0 Å². The third-order valence-corrected chi connectivity index (χ3v) is 7.80. The van der Waals surface area contributed by atoms with E-state index in [0.717, 1.165) is 35.5 Å². The molecule has 0 amide bonds. The van der Waals surface area contributed by atoms with Crippen molar-refractivity contribution >= 4 is 29.2 Å². The second kappa shape index (κ2) is 12.2. The van der Waals surface area contributed by atoms with Gasteiger partial charge in [-0.15, -0.1) is 11.3 Å². The fraction of sp³-hybridized carbons (Fsp3) is 0.667. The SMILES string of the molecule is C/C(=C\c1csc(C)n1)[C@H]1OC(=O)C[C@H](O)C(C)(C)C(=O)[C@H](C)[C@@H](O)[C@@H](C)CCC/C=C\C1C. The molecule has 0 saturated carbocycles. The monoisotopic (exact) mass is 491 g/mol. The van der Waals surface area contributed by atoms with Gasteiger partial charge in [-0.3, -0.25) is 9.59 Å². The van der Waals surface area contributed by atoms with Gasteiger partial charge >= 0.3 is 5.97 Å². The van der Waals surface area contributed by atoms with Crippen LogP contribution >= 0.6 is 11.3 Å². The van der Waals surface area contributed by atoms with Gasteiger partial charge in [-0.2, -0.15) is 0 Å². The zero-order valence-electron chi connectivity index (χ0n) is 21.6. The van der Waals surface area contributed by atoms with Crippen molar-refractivity contribution in [2.24, 2.45) is 23.2 Å². The Morgan fingerprint density at radius 3 is 2.53 bits per heavy atom. The van der Waals surface area contributed by atoms with Crippen LogP contribution in [0.15, 0.2) is 23.1 Å². The van der Waals surface area contributed by atoms with Gasteiger partial charge in [0.25, 0.3) is 0 Å². The summed E-state index contributed by atoms with van der Waals surface area (Å²) in [6.07, 6.45) is 5.76. The minimum absolute atomic E-state index is 0.0462. The molecule has 7 heteroatoms. The summed E-state index contributed by atoms with van der Waals surface area (Å²) in [6, 6.07) is 0. The van der Waals surface area contributed by atoms with Crippen LogP contribution in [-0.2, 0) is 14.3 Å². The molecule has 6 atom stereocenters. The van der Waals surface area contributed by atoms with Crippen LogP contribution in [0.2, 0.25) is 0 Å². The Bertz CT molecular complexity index is 903. The minimum atomic E-state index is -1.22. The van der Waals surface area contributed by atoms with Gasteiger partial charge in [0.1, 0.15) is 11.9 Å². The number of hydrogen-bond acceptors (Lipinski definition) is 7. The van der Waals surface area contributed by atoms with Crippen LogP contribution < -0.4 is 0 Å². The first-order chi connectivity index (χ1) is 15.8. The molecule has 0 spiro atoms. The number of nitrogens with zero attached hydrogens (tertiary/aromatic N) is 1. The number of carbonyl (C=O) groups excluding carboxylic acids is 2. The molecule has 34 heavy (non-hydrogen) atoms. The third kappa shape index (κ3) is 7.33. The fourth-order valence-corrected chi connectivity index (χ4v) is 5.09. The largest absolute Gasteiger partial charge is 0.457 e. The lowest BCUT2D eigenvalue weighted by Gasteiger charge is -2.34. The first kappa shape index (κ1) is 28.4. The molecule has 2 heterocycles. The molecule has 1 aliphatic rings. The maximum atomic E-state index is 13.2. The van der Waals surface area contributed by atoms with Crippen molar-refractivity contribution in [2.45, 2.75) is 92.5 Å². The van der Waals surface area contributed by atoms with Crippen LogP contribution in [0, 0.1) is 30.1 Å². The van der Waals surface area contributed by atoms with Crippen LogP contribution in [-0.4, -0.2) is 45.3 Å². The number of thiazole rings is 1. The molecular weight excluding hydrogens is 450 g/mol. The number of aliphatic hydroxyl groups excluding tert-OH is 2. The second-order valence-corrected chi connectivity index (χ2v) is 11.4. The minimum Gasteiger partial charge on any atom is -0.457 e. The number of rotatable bonds is 2. The zero-order valence-corrected chi connectivity index (χ0v) is 22.4. The van der Waals surface area contributed by atoms with Crippen molar-refractivity contribution in [1.29, 1.82) is 0 Å². The molecular formula is C27H41NO5S. The van der Waals surface area contributed by atoms with Crippen molar-refractivity contribution in [3.63, 3.8) is 0 Å². The van der Waals surface area contributed by atoms with Gasteiger partial charge in [-0.05, 0) is 50.7 Å². The molecule has 1 aliphatic heterocycles. The quantitative estimate of drug-likeness (QED) is 0.440. The van der Waals surface area contributed by atoms with E-state index in [1.807, 2.05) is 39.2 Å². The molecule has 0 radical (unpaired) electrons. The predicted octanol–water partition coefficient (Wildman–Crippen LogP) is 5.12. The van der Waals surface area contributed by atoms with E-state index in [4.69, 9.17) is 4.74 Å². The maximum Gasteiger partial charge on any atom is 0.309 e. The summed E-state index contributed by atoms with van der Waals surface area (Å²) in [5, 5.41) is 24.5. The molecule has 0 bridgehead atoms. The molecule has 1 aromatic heterocycles. The van der Waals surface area contributed by atoms with Gasteiger partial charge in [-0.25, -0.2) is 4.98 Å². The maximum absolute atomic E-state index is 13.2. The number of Topliss-reactive ketones (excluding diaryl/α,β-unsaturated/α-hetero) is 1. The molecule has 0 aromatic carbocycles. The number of ether oxygens (including phenoxy) is 1. The van der Waals surface area contributed by atoms with Gasteiger partial charge < -0.3 is 14.9 Å². The summed E-state index contributed by atoms with van der Waals surface area (Å²) in [6.45, 7) is 12.8. The van der Waals surface area contributed by atoms with Crippen LogP contribution in [0.3, 0.4) is 0 Å². The van der Waals surface area contributed by atoms with Crippen LogP contribution in [0.1, 0.15) is 77.9 Å². The van der Waals surface area contributed by atoms with E-state index >= 15 is 0 Å². The summed E-state index contributed by atoms with van der Waals surface area (Å²) in [5.74, 6) is -1.58. The molecule has 1 unspecified atom stereocenters. The van der Waals surface area contributed by atoms with Crippen molar-refractivity contribution in [1.82, 2.24) is 4.98 Å². The van der Waals surface area contributed by atoms with Gasteiger partial charge in [-0.1, -0.05) is 46.8 Å². The number of hydrogen-bond donors (Lipinski definition) is 2. The summed E-state index contributed by atoms with van der Waals surface area (Å²) in [4.78, 5) is 30.5. The smallest absolute Gasteiger partial charge is 0.309 e. The number of aliphatic hydroxyl groups is 2. The highest BCUT2D eigenvalue weighted by Gasteiger charge is 2.42. The topological polar surface area (TPSA) is 96.7 Å². The number of cyclic esters (lactones) is 1. The van der Waals surface area contributed by atoms with Crippen molar-refractivity contribution in [3.8, 4) is 0 Å². The molecule has 2 N–H and O–H groups in total. The third-order valence-electron chi connectivity index (χ3n) is 7.00. The fourth-order valence-electron chi connectivity index (χ4n) is 4.52. The summed E-state index contributed by atoms with van der Waals surface area (Å²) in [5.41, 5.74) is 0.500. The molecule has 0 saturated heterocycles. The number of allylic oxidation sites excluding steroid dienone is 1. The van der Waals surface area contributed by atoms with Gasteiger partial charge in [0.15, 0.2) is 0 Å². The Morgan fingerprint density at radius 2 is 1.91 bits per heavy atom. The van der Waals surface area contributed by atoms with E-state index in [1.54, 1.807) is 32.1 Å². The van der Waals surface area contributed by atoms with E-state index in [9.17, 15) is 19.8 Å². The number of aromatic nitrogens is 1. The van der Waals surface area contributed by atoms with Crippen LogP contribution in [0.4, 0.5) is 0 Å². The Kier molecular flexibility index (Phi) is 10.2. The van der Waals surface area contributed by atoms with E-state index in [1.165, 1.54) is 0 Å². The highest BCUT2D eigenvalue weighted by molar-refractivity contribution is 7.09. The molecule has 2 rings (SSSR count). The molecule has 0 aliphatic carbocycles. The normalized spacial score (nSPS) is 33.4. The summed E-state index contributed by atoms with van der Waals surface area (Å²) >= 11 is 1.56. The van der Waals surface area contributed by atoms with Gasteiger partial charge in [0.2, 0.25) is 0 Å². The van der Waals surface area contributed by atoms with E-state index < -0.39 is 35.6 Å². The van der Waals surface area contributed by atoms with Crippen molar-refractivity contribution < 1.29 is 24.5 Å². The predicted molar refractivity (Wildman–Crippen MR) is 136 cm³/mol. The van der Waals surface area contributed by atoms with Crippen LogP contribution in [0.25, 0.3) is 6.08 Å². The lowest BCUT2D eigenvalue weighted by molar-refractivity contribution is -0.155. The van der Waals surface area contributed by atoms with E-state index in [-0.39, 0.29) is 24.0 Å². The lowest BCUT2D eigenvalue weighted by atomic mass is 9.73. The summed E-state index contributed by atoms with van der Waals surface area (Å²) in [7, 11) is 0. The second-order valence-electron chi connectivity index (χ2n) is 10.4. The molecule has 6 nitrogen and oxygen atoms in total. The first-order valence-corrected chi connectivity index (χ1v) is 13.1. The summed E-state index contributed by atoms with van der Waals surface area (Å²) < 4.78 is 5.86. The first-order valence-electron chi connectivity index (χ1n) is 12.2. The van der Waals surface area contributed by atoms with Crippen molar-refractivity contribution in [3.05, 3.63) is 33.8 Å². The highest BCUT2D eigenvalue weighted by Crippen LogP contribution is 2.32. The lowest BCUT2D eigenvalue weighted by Crippen LogP contribution is -2.45. The highest BCUT2D eigenvalue weighted by atomic mass is 32.1. The van der Waals surface area contributed by atoms with E-state index in [2.05, 4.69) is 17.1 Å². The number of esters is 1. The number of ketones is 1. The average Bonchev–Trinajstić information content (AvgIpc) is 3.18. The standard InChI is InChI=1S/C27H41NO5S/c1-16-11-9-8-10-12-17(2)25(18(3)13-21-15-34-20(5)28-21)33-23(30)14-22(29)27(6,7)26(32)19(4)24(16)31/h10,12-13,15-17,19,22,24-25,29,31H,8-9,11,14H2,1-7H3/b12-10-,18-13+/t16-,17?,19+,22-,24-,25-/m0/s1. The Hall–Kier alpha value is -1.83. The Labute approximate surface area is 208 Å². The van der Waals surface area contributed by atoms with Crippen LogP contribution in [0.5, 0.6) is 0 Å². The average molecular weight is 492 g/mol. The Balaban J connectivity index is 2.34. The zero-order chi connectivity index (χ0) is 25.6. The van der Waals surface area contributed by atoms with E-state index in [0.29, 0.717) is 0 Å². The molecule has 1 aromatic rings. The van der Waals surface area contributed by atoms with Gasteiger partial charge in [0, 0.05) is 17.2 Å². The Morgan fingerprint density at radius 1 is 1.24 bits per heavy atom. The number of aryl methyl sites for hydroxylation is 1. The van der Waals surface area contributed by atoms with Gasteiger partial charge in [0.05, 0.1) is 34.7 Å².